The second kappa shape index (κ2) is 9.74. The molecule has 2 N–H and O–H groups in total. The molecule has 36 heavy (non-hydrogen) atoms. The molecule has 0 saturated heterocycles. The summed E-state index contributed by atoms with van der Waals surface area (Å²) < 4.78 is 17.1. The van der Waals surface area contributed by atoms with Crippen molar-refractivity contribution in [2.75, 3.05) is 34.4 Å². The first kappa shape index (κ1) is 24.0. The number of hydrogen-bond donors (Lipinski definition) is 2. The van der Waals surface area contributed by atoms with Gasteiger partial charge >= 0.3 is 0 Å². The number of nitrogens with zero attached hydrogens (tertiary/aromatic N) is 2. The van der Waals surface area contributed by atoms with Crippen molar-refractivity contribution in [3.05, 3.63) is 70.3 Å². The van der Waals surface area contributed by atoms with Crippen molar-refractivity contribution >= 4 is 5.71 Å². The molecule has 7 nitrogen and oxygen atoms in total. The average Bonchev–Trinajstić information content (AvgIpc) is 2.87. The third kappa shape index (κ3) is 4.46. The maximum absolute atomic E-state index is 10.6. The van der Waals surface area contributed by atoms with Gasteiger partial charge in [-0.2, -0.15) is 0 Å². The summed E-state index contributed by atoms with van der Waals surface area (Å²) in [4.78, 5) is 6.84. The number of ether oxygens (including phenoxy) is 3. The summed E-state index contributed by atoms with van der Waals surface area (Å²) in [5.74, 6) is 2.23. The van der Waals surface area contributed by atoms with Gasteiger partial charge in [0.25, 0.3) is 0 Å². The Hall–Kier alpha value is -3.71. The van der Waals surface area contributed by atoms with E-state index in [-0.39, 0.29) is 17.5 Å². The predicted octanol–water partition coefficient (Wildman–Crippen LogP) is 5.04. The molecule has 3 aromatic rings. The maximum atomic E-state index is 10.6. The Balaban J connectivity index is 1.45. The van der Waals surface area contributed by atoms with Crippen molar-refractivity contribution in [3.8, 4) is 34.5 Å². The molecule has 1 unspecified atom stereocenters. The smallest absolute Gasteiger partial charge is 0.170 e. The van der Waals surface area contributed by atoms with Crippen LogP contribution in [0.15, 0.2) is 47.5 Å². The number of benzene rings is 3. The van der Waals surface area contributed by atoms with E-state index in [1.165, 1.54) is 11.1 Å². The minimum absolute atomic E-state index is 0.0590. The van der Waals surface area contributed by atoms with Crippen molar-refractivity contribution in [3.63, 3.8) is 0 Å². The van der Waals surface area contributed by atoms with Crippen molar-refractivity contribution in [1.29, 1.82) is 0 Å². The molecule has 0 radical (unpaired) electrons. The first-order valence-electron chi connectivity index (χ1n) is 12.2. The lowest BCUT2D eigenvalue weighted by Gasteiger charge is -2.35. The molecule has 0 aromatic heterocycles. The van der Waals surface area contributed by atoms with E-state index >= 15 is 0 Å². The summed E-state index contributed by atoms with van der Waals surface area (Å²) >= 11 is 0. The SMILES string of the molecule is COc1cc2c(cc1O)C(Cc1ccc(O)c(Oc3cc4c(cc3OC)CCN=C4C)c1)N(C)CC2. The highest BCUT2D eigenvalue weighted by Gasteiger charge is 2.27. The highest BCUT2D eigenvalue weighted by atomic mass is 16.5. The zero-order valence-corrected chi connectivity index (χ0v) is 21.2. The van der Waals surface area contributed by atoms with Gasteiger partial charge in [-0.15, -0.1) is 0 Å². The van der Waals surface area contributed by atoms with E-state index in [1.54, 1.807) is 20.3 Å². The summed E-state index contributed by atoms with van der Waals surface area (Å²) in [6.07, 6.45) is 2.45. The Morgan fingerprint density at radius 3 is 2.44 bits per heavy atom. The predicted molar refractivity (Wildman–Crippen MR) is 139 cm³/mol. The quantitative estimate of drug-likeness (QED) is 0.506. The van der Waals surface area contributed by atoms with Crippen LogP contribution < -0.4 is 14.2 Å². The van der Waals surface area contributed by atoms with Gasteiger partial charge in [0.1, 0.15) is 0 Å². The summed E-state index contributed by atoms with van der Waals surface area (Å²) in [6.45, 7) is 3.67. The van der Waals surface area contributed by atoms with Gasteiger partial charge in [-0.3, -0.25) is 9.89 Å². The van der Waals surface area contributed by atoms with Gasteiger partial charge in [0.15, 0.2) is 34.5 Å². The lowest BCUT2D eigenvalue weighted by molar-refractivity contribution is 0.228. The number of aliphatic imine (C=N–C) groups is 1. The fourth-order valence-electron chi connectivity index (χ4n) is 5.20. The number of likely N-dealkylation sites (N-methyl/N-ethyl adjacent to an activating group) is 1. The van der Waals surface area contributed by atoms with Crippen LogP contribution >= 0.6 is 0 Å². The molecule has 0 bridgehead atoms. The Labute approximate surface area is 211 Å². The standard InChI is InChI=1S/C29H32N2O5/c1-17-21-16-29(28(35-4)14-19(21)7-9-30-17)36-27-12-18(5-6-24(27)32)11-23-22-15-25(33)26(34-3)13-20(22)8-10-31(23)2/h5-6,12-16,23,32-33H,7-11H2,1-4H3. The monoisotopic (exact) mass is 488 g/mol. The van der Waals surface area contributed by atoms with E-state index in [1.807, 2.05) is 43.3 Å². The molecule has 2 heterocycles. The summed E-state index contributed by atoms with van der Waals surface area (Å²) in [5.41, 5.74) is 6.48. The van der Waals surface area contributed by atoms with E-state index in [2.05, 4.69) is 16.9 Å². The Morgan fingerprint density at radius 2 is 1.67 bits per heavy atom. The normalized spacial score (nSPS) is 17.1. The molecule has 0 fully saturated rings. The van der Waals surface area contributed by atoms with Crippen LogP contribution in [0, 0.1) is 0 Å². The fourth-order valence-corrected chi connectivity index (χ4v) is 5.20. The van der Waals surface area contributed by atoms with Gasteiger partial charge in [0.05, 0.1) is 14.2 Å². The van der Waals surface area contributed by atoms with Crippen LogP contribution in [-0.2, 0) is 19.3 Å². The number of phenols is 2. The third-order valence-corrected chi connectivity index (χ3v) is 7.25. The zero-order chi connectivity index (χ0) is 25.4. The lowest BCUT2D eigenvalue weighted by Crippen LogP contribution is -2.33. The molecule has 7 heteroatoms. The van der Waals surface area contributed by atoms with Crippen molar-refractivity contribution in [2.24, 2.45) is 4.99 Å². The van der Waals surface area contributed by atoms with Crippen LogP contribution in [0.4, 0.5) is 0 Å². The van der Waals surface area contributed by atoms with Gasteiger partial charge in [-0.25, -0.2) is 0 Å². The average molecular weight is 489 g/mol. The van der Waals surface area contributed by atoms with Crippen LogP contribution in [-0.4, -0.2) is 55.2 Å². The molecule has 0 aliphatic carbocycles. The molecule has 0 saturated carbocycles. The fraction of sp³-hybridized carbons (Fsp3) is 0.345. The Kier molecular flexibility index (Phi) is 6.49. The van der Waals surface area contributed by atoms with Gasteiger partial charge in [0, 0.05) is 30.4 Å². The second-order valence-electron chi connectivity index (χ2n) is 9.45. The number of phenolic OH excluding ortho intramolecular Hbond substituents is 2. The molecular weight excluding hydrogens is 456 g/mol. The number of rotatable bonds is 6. The first-order valence-corrected chi connectivity index (χ1v) is 12.2. The third-order valence-electron chi connectivity index (χ3n) is 7.25. The van der Waals surface area contributed by atoms with Crippen LogP contribution in [0.5, 0.6) is 34.5 Å². The van der Waals surface area contributed by atoms with Crippen molar-refractivity contribution < 1.29 is 24.4 Å². The van der Waals surface area contributed by atoms with Gasteiger partial charge in [0.2, 0.25) is 0 Å². The van der Waals surface area contributed by atoms with E-state index in [4.69, 9.17) is 14.2 Å². The number of fused-ring (bicyclic) bond motifs is 2. The molecular formula is C29H32N2O5. The molecule has 2 aliphatic heterocycles. The van der Waals surface area contributed by atoms with E-state index in [0.717, 1.165) is 48.3 Å². The summed E-state index contributed by atoms with van der Waals surface area (Å²) in [6, 6.07) is 13.2. The molecule has 0 spiro atoms. The molecule has 0 amide bonds. The summed E-state index contributed by atoms with van der Waals surface area (Å²) in [7, 11) is 5.28. The van der Waals surface area contributed by atoms with Crippen LogP contribution in [0.2, 0.25) is 0 Å². The van der Waals surface area contributed by atoms with E-state index in [9.17, 15) is 10.2 Å². The molecule has 1 atom stereocenters. The van der Waals surface area contributed by atoms with Crippen LogP contribution in [0.1, 0.15) is 40.8 Å². The van der Waals surface area contributed by atoms with Crippen LogP contribution in [0.3, 0.4) is 0 Å². The highest BCUT2D eigenvalue weighted by Crippen LogP contribution is 2.41. The molecule has 188 valence electrons. The van der Waals surface area contributed by atoms with Crippen LogP contribution in [0.25, 0.3) is 0 Å². The van der Waals surface area contributed by atoms with Crippen molar-refractivity contribution in [1.82, 2.24) is 4.90 Å². The maximum Gasteiger partial charge on any atom is 0.170 e. The molecule has 5 rings (SSSR count). The topological polar surface area (TPSA) is 83.8 Å². The zero-order valence-electron chi connectivity index (χ0n) is 21.2. The molecule has 3 aromatic carbocycles. The molecule has 2 aliphatic rings. The minimum Gasteiger partial charge on any atom is -0.504 e. The largest absolute Gasteiger partial charge is 0.504 e. The number of aromatic hydroxyl groups is 2. The van der Waals surface area contributed by atoms with Crippen molar-refractivity contribution in [2.45, 2.75) is 32.2 Å². The number of methoxy groups -OCH3 is 2. The Morgan fingerprint density at radius 1 is 0.889 bits per heavy atom. The number of hydrogen-bond acceptors (Lipinski definition) is 7. The summed E-state index contributed by atoms with van der Waals surface area (Å²) in [5, 5.41) is 21.0. The van der Waals surface area contributed by atoms with E-state index < -0.39 is 0 Å². The lowest BCUT2D eigenvalue weighted by atomic mass is 9.88. The highest BCUT2D eigenvalue weighted by molar-refractivity contribution is 6.01. The minimum atomic E-state index is 0.0590. The van der Waals surface area contributed by atoms with E-state index in [0.29, 0.717) is 29.4 Å². The second-order valence-corrected chi connectivity index (χ2v) is 9.45. The first-order chi connectivity index (χ1) is 17.4. The van der Waals surface area contributed by atoms with Gasteiger partial charge in [-0.05, 0) is 91.9 Å². The van der Waals surface area contributed by atoms with Gasteiger partial charge in [-0.1, -0.05) is 6.07 Å². The van der Waals surface area contributed by atoms with Gasteiger partial charge < -0.3 is 24.4 Å². The Bertz CT molecular complexity index is 1330.